The smallest absolute Gasteiger partial charge is 0.378 e. The van der Waals surface area contributed by atoms with Crippen molar-refractivity contribution in [2.75, 3.05) is 14.2 Å². The molecule has 0 fully saturated rings. The van der Waals surface area contributed by atoms with Gasteiger partial charge in [-0.25, -0.2) is 4.79 Å². The van der Waals surface area contributed by atoms with Gasteiger partial charge in [-0.15, -0.1) is 0 Å². The van der Waals surface area contributed by atoms with E-state index in [1.807, 2.05) is 6.92 Å². The zero-order valence-electron chi connectivity index (χ0n) is 11.3. The number of aliphatic hydroxyl groups is 1. The van der Waals surface area contributed by atoms with E-state index in [0.29, 0.717) is 11.3 Å². The quantitative estimate of drug-likeness (QED) is 0.389. The molecule has 102 valence electrons. The summed E-state index contributed by atoms with van der Waals surface area (Å²) in [5.74, 6) is -1.52. The van der Waals surface area contributed by atoms with Crippen LogP contribution in [0.2, 0.25) is 0 Å². The Morgan fingerprint density at radius 1 is 1.16 bits per heavy atom. The molecule has 5 heteroatoms. The Balaban J connectivity index is 3.17. The molecule has 0 unspecified atom stereocenters. The number of ketones is 1. The minimum absolute atomic E-state index is 0.279. The van der Waals surface area contributed by atoms with Crippen LogP contribution in [0, 0.1) is 13.8 Å². The van der Waals surface area contributed by atoms with Gasteiger partial charge in [-0.05, 0) is 37.1 Å². The molecule has 0 atom stereocenters. The van der Waals surface area contributed by atoms with Gasteiger partial charge in [-0.1, -0.05) is 0 Å². The van der Waals surface area contributed by atoms with E-state index < -0.39 is 11.8 Å². The molecule has 0 bridgehead atoms. The summed E-state index contributed by atoms with van der Waals surface area (Å²) < 4.78 is 9.43. The summed E-state index contributed by atoms with van der Waals surface area (Å²) in [6, 6.07) is 3.31. The number of esters is 1. The molecule has 1 rings (SSSR count). The molecule has 19 heavy (non-hydrogen) atoms. The maximum Gasteiger partial charge on any atom is 0.378 e. The molecule has 0 aliphatic carbocycles. The van der Waals surface area contributed by atoms with Gasteiger partial charge in [-0.2, -0.15) is 0 Å². The predicted octanol–water partition coefficient (Wildman–Crippen LogP) is 1.95. The first-order valence-corrected chi connectivity index (χ1v) is 5.59. The molecule has 5 nitrogen and oxygen atoms in total. The monoisotopic (exact) mass is 264 g/mol. The van der Waals surface area contributed by atoms with Crippen molar-refractivity contribution < 1.29 is 24.2 Å². The minimum Gasteiger partial charge on any atom is -0.507 e. The van der Waals surface area contributed by atoms with Crippen LogP contribution in [-0.4, -0.2) is 31.1 Å². The molecule has 1 N–H and O–H groups in total. The van der Waals surface area contributed by atoms with Crippen LogP contribution in [0.25, 0.3) is 5.76 Å². The van der Waals surface area contributed by atoms with Crippen LogP contribution in [0.3, 0.4) is 0 Å². The third kappa shape index (κ3) is 3.13. The highest BCUT2D eigenvalue weighted by molar-refractivity contribution is 6.39. The van der Waals surface area contributed by atoms with Crippen molar-refractivity contribution in [3.05, 3.63) is 34.9 Å². The molecule has 0 saturated carbocycles. The molecule has 0 amide bonds. The largest absolute Gasteiger partial charge is 0.507 e. The van der Waals surface area contributed by atoms with Crippen LogP contribution >= 0.6 is 0 Å². The summed E-state index contributed by atoms with van der Waals surface area (Å²) in [5, 5.41) is 9.90. The second-order valence-corrected chi connectivity index (χ2v) is 3.95. The number of carbonyl (C=O) groups is 2. The fourth-order valence-corrected chi connectivity index (χ4v) is 1.66. The third-order valence-corrected chi connectivity index (χ3v) is 2.89. The molecule has 0 aliphatic heterocycles. The fourth-order valence-electron chi connectivity index (χ4n) is 1.66. The first kappa shape index (κ1) is 14.8. The lowest BCUT2D eigenvalue weighted by Gasteiger charge is -2.11. The van der Waals surface area contributed by atoms with E-state index in [-0.39, 0.29) is 5.76 Å². The lowest BCUT2D eigenvalue weighted by atomic mass is 10.0. The number of hydrogen-bond acceptors (Lipinski definition) is 5. The van der Waals surface area contributed by atoms with Gasteiger partial charge in [0.2, 0.25) is 0 Å². The van der Waals surface area contributed by atoms with E-state index in [9.17, 15) is 14.7 Å². The standard InChI is InChI=1S/C14H16O5/c1-8-9(2)13(18-3)6-5-10(8)11(15)7-12(16)14(17)19-4/h5-7,15H,1-4H3/b11-7-. The number of hydrogen-bond donors (Lipinski definition) is 1. The van der Waals surface area contributed by atoms with Gasteiger partial charge in [0.15, 0.2) is 0 Å². The fraction of sp³-hybridized carbons (Fsp3) is 0.286. The summed E-state index contributed by atoms with van der Waals surface area (Å²) in [4.78, 5) is 22.3. The van der Waals surface area contributed by atoms with Gasteiger partial charge >= 0.3 is 5.97 Å². The van der Waals surface area contributed by atoms with E-state index in [1.54, 1.807) is 26.2 Å². The van der Waals surface area contributed by atoms with Gasteiger partial charge in [0, 0.05) is 11.6 Å². The van der Waals surface area contributed by atoms with Crippen molar-refractivity contribution in [2.45, 2.75) is 13.8 Å². The van der Waals surface area contributed by atoms with Crippen LogP contribution in [0.4, 0.5) is 0 Å². The zero-order valence-corrected chi connectivity index (χ0v) is 11.3. The molecule has 0 heterocycles. The number of aliphatic hydroxyl groups excluding tert-OH is 1. The molecule has 0 saturated heterocycles. The summed E-state index contributed by atoms with van der Waals surface area (Å²) in [5.41, 5.74) is 2.09. The molecule has 0 aromatic heterocycles. The number of ether oxygens (including phenoxy) is 2. The van der Waals surface area contributed by atoms with Gasteiger partial charge in [0.1, 0.15) is 11.5 Å². The van der Waals surface area contributed by atoms with E-state index in [2.05, 4.69) is 4.74 Å². The highest BCUT2D eigenvalue weighted by atomic mass is 16.5. The Morgan fingerprint density at radius 3 is 2.32 bits per heavy atom. The van der Waals surface area contributed by atoms with E-state index in [0.717, 1.165) is 24.3 Å². The highest BCUT2D eigenvalue weighted by Crippen LogP contribution is 2.27. The number of methoxy groups -OCH3 is 2. The zero-order chi connectivity index (χ0) is 14.6. The third-order valence-electron chi connectivity index (χ3n) is 2.89. The molecule has 1 aromatic rings. The van der Waals surface area contributed by atoms with Crippen molar-refractivity contribution in [2.24, 2.45) is 0 Å². The first-order valence-electron chi connectivity index (χ1n) is 5.59. The van der Waals surface area contributed by atoms with Crippen molar-refractivity contribution in [1.82, 2.24) is 0 Å². The van der Waals surface area contributed by atoms with Crippen LogP contribution in [0.5, 0.6) is 5.75 Å². The van der Waals surface area contributed by atoms with Crippen LogP contribution in [0.15, 0.2) is 18.2 Å². The molecule has 0 aliphatic rings. The van der Waals surface area contributed by atoms with Crippen molar-refractivity contribution in [3.63, 3.8) is 0 Å². The predicted molar refractivity (Wildman–Crippen MR) is 70.1 cm³/mol. The number of carbonyl (C=O) groups excluding carboxylic acids is 2. The van der Waals surface area contributed by atoms with Crippen molar-refractivity contribution in [1.29, 1.82) is 0 Å². The lowest BCUT2D eigenvalue weighted by molar-refractivity contribution is -0.149. The van der Waals surface area contributed by atoms with E-state index >= 15 is 0 Å². The Kier molecular flexibility index (Phi) is 4.69. The van der Waals surface area contributed by atoms with Crippen molar-refractivity contribution in [3.8, 4) is 5.75 Å². The molecular formula is C14H16O5. The van der Waals surface area contributed by atoms with E-state index in [1.165, 1.54) is 0 Å². The Hall–Kier alpha value is -2.30. The first-order chi connectivity index (χ1) is 8.92. The summed E-state index contributed by atoms with van der Waals surface area (Å²) in [6.07, 6.45) is 0.847. The summed E-state index contributed by atoms with van der Waals surface area (Å²) in [7, 11) is 2.66. The van der Waals surface area contributed by atoms with Gasteiger partial charge in [0.05, 0.1) is 14.2 Å². The van der Waals surface area contributed by atoms with Gasteiger partial charge in [0.25, 0.3) is 5.78 Å². The molecule has 1 aromatic carbocycles. The number of benzene rings is 1. The second kappa shape index (κ2) is 6.04. The highest BCUT2D eigenvalue weighted by Gasteiger charge is 2.15. The van der Waals surface area contributed by atoms with E-state index in [4.69, 9.17) is 4.74 Å². The summed E-state index contributed by atoms with van der Waals surface area (Å²) >= 11 is 0. The average molecular weight is 264 g/mol. The number of rotatable bonds is 4. The molecule has 0 spiro atoms. The topological polar surface area (TPSA) is 72.8 Å². The minimum atomic E-state index is -1.02. The maximum atomic E-state index is 11.3. The molecule has 0 radical (unpaired) electrons. The van der Waals surface area contributed by atoms with Gasteiger partial charge in [-0.3, -0.25) is 4.79 Å². The lowest BCUT2D eigenvalue weighted by Crippen LogP contribution is -2.13. The van der Waals surface area contributed by atoms with Gasteiger partial charge < -0.3 is 14.6 Å². The molecular weight excluding hydrogens is 248 g/mol. The van der Waals surface area contributed by atoms with Crippen molar-refractivity contribution >= 4 is 17.5 Å². The second-order valence-electron chi connectivity index (χ2n) is 3.95. The van der Waals surface area contributed by atoms with Crippen LogP contribution < -0.4 is 4.74 Å². The Labute approximate surface area is 111 Å². The average Bonchev–Trinajstić information content (AvgIpc) is 2.40. The Bertz CT molecular complexity index is 543. The Morgan fingerprint density at radius 2 is 1.79 bits per heavy atom. The SMILES string of the molecule is COC(=O)C(=O)/C=C(\O)c1ccc(OC)c(C)c1C. The normalized spacial score (nSPS) is 11.1. The van der Waals surface area contributed by atoms with Crippen LogP contribution in [-0.2, 0) is 14.3 Å². The summed E-state index contributed by atoms with van der Waals surface area (Å²) in [6.45, 7) is 3.63. The van der Waals surface area contributed by atoms with Crippen LogP contribution in [0.1, 0.15) is 16.7 Å². The maximum absolute atomic E-state index is 11.3.